The number of rotatable bonds is 6. The van der Waals surface area contributed by atoms with Gasteiger partial charge in [-0.05, 0) is 55.6 Å². The molecule has 0 aliphatic heterocycles. The predicted molar refractivity (Wildman–Crippen MR) is 108 cm³/mol. The van der Waals surface area contributed by atoms with Crippen LogP contribution in [0.25, 0.3) is 0 Å². The summed E-state index contributed by atoms with van der Waals surface area (Å²) in [5.74, 6) is -0.602. The van der Waals surface area contributed by atoms with Crippen molar-refractivity contribution in [3.63, 3.8) is 0 Å². The van der Waals surface area contributed by atoms with Gasteiger partial charge < -0.3 is 14.6 Å². The summed E-state index contributed by atoms with van der Waals surface area (Å²) in [5, 5.41) is 11.1. The molecule has 2 aliphatic rings. The Balaban J connectivity index is 2.25. The van der Waals surface area contributed by atoms with Gasteiger partial charge in [-0.25, -0.2) is 0 Å². The lowest BCUT2D eigenvalue weighted by Gasteiger charge is -2.57. The molecule has 0 aromatic carbocycles. The first-order valence-corrected chi connectivity index (χ1v) is 10.3. The molecule has 0 aromatic rings. The van der Waals surface area contributed by atoms with Crippen LogP contribution in [0, 0.1) is 16.7 Å². The van der Waals surface area contributed by atoms with Crippen LogP contribution in [0.2, 0.25) is 0 Å². The highest BCUT2D eigenvalue weighted by atomic mass is 16.6. The third-order valence-electron chi connectivity index (χ3n) is 6.63. The van der Waals surface area contributed by atoms with Crippen molar-refractivity contribution in [2.24, 2.45) is 16.7 Å². The van der Waals surface area contributed by atoms with Gasteiger partial charge in [-0.15, -0.1) is 0 Å². The minimum atomic E-state index is -0.687. The average Bonchev–Trinajstić information content (AvgIpc) is 2.54. The Kier molecular flexibility index (Phi) is 7.13. The molecule has 0 amide bonds. The predicted octanol–water partition coefficient (Wildman–Crippen LogP) is 4.34. The Hall–Kier alpha value is -1.62. The summed E-state index contributed by atoms with van der Waals surface area (Å²) in [6.45, 7) is 11.8. The number of esters is 2. The number of carbonyl (C=O) groups excluding carboxylic acids is 2. The molecule has 158 valence electrons. The largest absolute Gasteiger partial charge is 0.462 e. The van der Waals surface area contributed by atoms with Gasteiger partial charge in [0, 0.05) is 19.8 Å². The van der Waals surface area contributed by atoms with Crippen molar-refractivity contribution in [3.05, 3.63) is 23.3 Å². The highest BCUT2D eigenvalue weighted by molar-refractivity contribution is 5.66. The number of hydrogen-bond donors (Lipinski definition) is 1. The maximum atomic E-state index is 11.6. The molecule has 0 aromatic heterocycles. The zero-order valence-corrected chi connectivity index (χ0v) is 18.2. The smallest absolute Gasteiger partial charge is 0.303 e. The third-order valence-corrected chi connectivity index (χ3v) is 6.63. The number of allylic oxidation sites excluding steroid dienone is 2. The molecule has 5 heteroatoms. The van der Waals surface area contributed by atoms with Crippen LogP contribution in [0.3, 0.4) is 0 Å². The van der Waals surface area contributed by atoms with E-state index in [0.29, 0.717) is 6.61 Å². The van der Waals surface area contributed by atoms with Crippen molar-refractivity contribution in [1.29, 1.82) is 0 Å². The average molecular weight is 393 g/mol. The second-order valence-corrected chi connectivity index (χ2v) is 9.35. The number of ether oxygens (including phenoxy) is 2. The van der Waals surface area contributed by atoms with Gasteiger partial charge in [0.05, 0.1) is 6.10 Å². The van der Waals surface area contributed by atoms with E-state index in [-0.39, 0.29) is 28.7 Å². The summed E-state index contributed by atoms with van der Waals surface area (Å²) in [4.78, 5) is 22.5. The van der Waals surface area contributed by atoms with Crippen molar-refractivity contribution < 1.29 is 24.2 Å². The molecule has 1 saturated carbocycles. The fourth-order valence-electron chi connectivity index (χ4n) is 5.36. The monoisotopic (exact) mass is 392 g/mol. The Morgan fingerprint density at radius 3 is 2.46 bits per heavy atom. The lowest BCUT2D eigenvalue weighted by molar-refractivity contribution is -0.162. The summed E-state index contributed by atoms with van der Waals surface area (Å²) in [6, 6.07) is 0. The minimum absolute atomic E-state index is 0.0233. The first kappa shape index (κ1) is 22.7. The molecular weight excluding hydrogens is 356 g/mol. The summed E-state index contributed by atoms with van der Waals surface area (Å²) in [7, 11) is 0. The Labute approximate surface area is 169 Å². The molecule has 0 spiro atoms. The molecule has 2 aliphatic carbocycles. The van der Waals surface area contributed by atoms with Gasteiger partial charge in [0.25, 0.3) is 0 Å². The minimum Gasteiger partial charge on any atom is -0.462 e. The van der Waals surface area contributed by atoms with Gasteiger partial charge in [0.15, 0.2) is 0 Å². The summed E-state index contributed by atoms with van der Waals surface area (Å²) >= 11 is 0. The molecular formula is C23H36O5. The Morgan fingerprint density at radius 2 is 1.86 bits per heavy atom. The lowest BCUT2D eigenvalue weighted by Crippen LogP contribution is -2.56. The quantitative estimate of drug-likeness (QED) is 0.538. The highest BCUT2D eigenvalue weighted by Crippen LogP contribution is 2.59. The van der Waals surface area contributed by atoms with Gasteiger partial charge in [-0.2, -0.15) is 0 Å². The molecule has 0 radical (unpaired) electrons. The van der Waals surface area contributed by atoms with E-state index < -0.39 is 12.2 Å². The van der Waals surface area contributed by atoms with Crippen LogP contribution in [0.5, 0.6) is 0 Å². The summed E-state index contributed by atoms with van der Waals surface area (Å²) < 4.78 is 10.5. The number of fused-ring (bicyclic) bond motifs is 1. The maximum absolute atomic E-state index is 11.6. The van der Waals surface area contributed by atoms with E-state index in [1.54, 1.807) is 0 Å². The Morgan fingerprint density at radius 1 is 1.18 bits per heavy atom. The molecule has 5 nitrogen and oxygen atoms in total. The fraction of sp³-hybridized carbons (Fsp3) is 0.739. The summed E-state index contributed by atoms with van der Waals surface area (Å²) in [6.07, 6.45) is 7.57. The van der Waals surface area contributed by atoms with E-state index in [1.165, 1.54) is 19.4 Å². The molecule has 1 unspecified atom stereocenters. The molecule has 0 heterocycles. The lowest BCUT2D eigenvalue weighted by atomic mass is 9.49. The van der Waals surface area contributed by atoms with E-state index in [0.717, 1.165) is 37.7 Å². The number of hydrogen-bond acceptors (Lipinski definition) is 5. The number of aliphatic hydroxyl groups is 1. The van der Waals surface area contributed by atoms with Crippen LogP contribution in [0.1, 0.15) is 73.6 Å². The molecule has 4 atom stereocenters. The fourth-order valence-corrected chi connectivity index (χ4v) is 5.36. The van der Waals surface area contributed by atoms with Crippen LogP contribution >= 0.6 is 0 Å². The van der Waals surface area contributed by atoms with Gasteiger partial charge in [-0.3, -0.25) is 9.59 Å². The van der Waals surface area contributed by atoms with Crippen LogP contribution in [0.15, 0.2) is 23.3 Å². The van der Waals surface area contributed by atoms with Crippen LogP contribution in [0.4, 0.5) is 0 Å². The molecule has 0 bridgehead atoms. The van der Waals surface area contributed by atoms with Crippen LogP contribution < -0.4 is 0 Å². The van der Waals surface area contributed by atoms with E-state index in [1.807, 2.05) is 19.1 Å². The Bertz CT molecular complexity index is 660. The standard InChI is InChI=1S/C23H36O5/c1-15(10-13-27-16(2)24)8-9-18-14-19(28-17(3)25)20(26)21-22(4,5)11-7-12-23(18,21)6/h10,14,19-21,26H,7-9,11-13H2,1-6H3/b15-10-/t19-,20+,21?,23+/m0/s1. The zero-order valence-electron chi connectivity index (χ0n) is 18.2. The van der Waals surface area contributed by atoms with Crippen molar-refractivity contribution in [1.82, 2.24) is 0 Å². The topological polar surface area (TPSA) is 72.8 Å². The van der Waals surface area contributed by atoms with Gasteiger partial charge in [0.1, 0.15) is 12.7 Å². The highest BCUT2D eigenvalue weighted by Gasteiger charge is 2.55. The van der Waals surface area contributed by atoms with Crippen LogP contribution in [-0.4, -0.2) is 35.9 Å². The van der Waals surface area contributed by atoms with E-state index in [2.05, 4.69) is 20.8 Å². The maximum Gasteiger partial charge on any atom is 0.303 e. The normalized spacial score (nSPS) is 32.2. The van der Waals surface area contributed by atoms with Gasteiger partial charge in [0.2, 0.25) is 0 Å². The van der Waals surface area contributed by atoms with E-state index in [9.17, 15) is 14.7 Å². The van der Waals surface area contributed by atoms with Gasteiger partial charge >= 0.3 is 11.9 Å². The number of carbonyl (C=O) groups is 2. The molecule has 2 rings (SSSR count). The van der Waals surface area contributed by atoms with Crippen molar-refractivity contribution >= 4 is 11.9 Å². The van der Waals surface area contributed by atoms with E-state index in [4.69, 9.17) is 9.47 Å². The summed E-state index contributed by atoms with van der Waals surface area (Å²) in [5.41, 5.74) is 2.30. The second-order valence-electron chi connectivity index (χ2n) is 9.35. The van der Waals surface area contributed by atoms with Crippen molar-refractivity contribution in [2.45, 2.75) is 85.9 Å². The molecule has 1 N–H and O–H groups in total. The SMILES string of the molecule is CC(=O)OC/C=C(/C)CCC1=C[C@H](OC(C)=O)[C@@H](O)C2C(C)(C)CCC[C@]12C. The molecule has 1 fully saturated rings. The molecule has 0 saturated heterocycles. The van der Waals surface area contributed by atoms with Gasteiger partial charge in [-0.1, -0.05) is 38.3 Å². The number of aliphatic hydroxyl groups excluding tert-OH is 1. The third kappa shape index (κ3) is 5.05. The first-order valence-electron chi connectivity index (χ1n) is 10.3. The first-order chi connectivity index (χ1) is 13.0. The van der Waals surface area contributed by atoms with Crippen molar-refractivity contribution in [3.8, 4) is 0 Å². The molecule has 28 heavy (non-hydrogen) atoms. The van der Waals surface area contributed by atoms with E-state index >= 15 is 0 Å². The second kappa shape index (κ2) is 8.81. The van der Waals surface area contributed by atoms with Crippen LogP contribution in [-0.2, 0) is 19.1 Å². The van der Waals surface area contributed by atoms with Crippen molar-refractivity contribution in [2.75, 3.05) is 6.61 Å². The zero-order chi connectivity index (χ0) is 21.1.